The molecule has 0 unspecified atom stereocenters. The number of nitrogens with zero attached hydrogens (tertiary/aromatic N) is 1. The number of rotatable bonds is 4. The third kappa shape index (κ3) is 3.85. The zero-order valence-electron chi connectivity index (χ0n) is 14.0. The van der Waals surface area contributed by atoms with Crippen LogP contribution in [0.15, 0.2) is 17.0 Å². The van der Waals surface area contributed by atoms with Crippen LogP contribution in [-0.2, 0) is 10.0 Å². The summed E-state index contributed by atoms with van der Waals surface area (Å²) in [5.41, 5.74) is 0.377. The normalized spacial score (nSPS) is 18.0. The van der Waals surface area contributed by atoms with Gasteiger partial charge in [0.2, 0.25) is 10.0 Å². The van der Waals surface area contributed by atoms with Gasteiger partial charge in [-0.3, -0.25) is 0 Å². The van der Waals surface area contributed by atoms with E-state index in [1.165, 1.54) is 0 Å². The van der Waals surface area contributed by atoms with Crippen molar-refractivity contribution in [3.8, 4) is 11.8 Å². The Kier molecular flexibility index (Phi) is 5.33. The summed E-state index contributed by atoms with van der Waals surface area (Å²) in [4.78, 5) is 0.217. The van der Waals surface area contributed by atoms with Crippen molar-refractivity contribution >= 4 is 10.0 Å². The Bertz CT molecular complexity index is 712. The fourth-order valence-electron chi connectivity index (χ4n) is 3.15. The van der Waals surface area contributed by atoms with Crippen LogP contribution >= 0.6 is 0 Å². The third-order valence-corrected chi connectivity index (χ3v) is 6.16. The van der Waals surface area contributed by atoms with Gasteiger partial charge in [-0.05, 0) is 49.9 Å². The van der Waals surface area contributed by atoms with E-state index in [9.17, 15) is 13.7 Å². The molecule has 1 aromatic rings. The molecule has 1 aromatic carbocycles. The van der Waals surface area contributed by atoms with Crippen molar-refractivity contribution in [3.05, 3.63) is 23.3 Å². The minimum Gasteiger partial charge on any atom is -0.496 e. The van der Waals surface area contributed by atoms with E-state index in [-0.39, 0.29) is 4.90 Å². The Morgan fingerprint density at radius 2 is 1.74 bits per heavy atom. The molecule has 0 spiro atoms. The first kappa shape index (κ1) is 17.8. The van der Waals surface area contributed by atoms with E-state index in [1.807, 2.05) is 6.92 Å². The Morgan fingerprint density at radius 1 is 1.13 bits per heavy atom. The van der Waals surface area contributed by atoms with Gasteiger partial charge < -0.3 is 4.74 Å². The summed E-state index contributed by atoms with van der Waals surface area (Å²) in [5, 5.41) is 9.59. The topological polar surface area (TPSA) is 79.2 Å². The average molecular weight is 336 g/mol. The zero-order valence-corrected chi connectivity index (χ0v) is 14.8. The zero-order chi connectivity index (χ0) is 17.1. The lowest BCUT2D eigenvalue weighted by molar-refractivity contribution is 0.410. The maximum absolute atomic E-state index is 12.8. The smallest absolute Gasteiger partial charge is 0.242 e. The van der Waals surface area contributed by atoms with Gasteiger partial charge in [-0.15, -0.1) is 0 Å². The number of methoxy groups -OCH3 is 1. The molecule has 0 bridgehead atoms. The maximum Gasteiger partial charge on any atom is 0.242 e. The number of sulfonamides is 1. The van der Waals surface area contributed by atoms with Crippen LogP contribution in [0.1, 0.15) is 49.7 Å². The highest BCUT2D eigenvalue weighted by molar-refractivity contribution is 7.89. The van der Waals surface area contributed by atoms with Crippen LogP contribution in [0.2, 0.25) is 0 Å². The van der Waals surface area contributed by atoms with E-state index >= 15 is 0 Å². The van der Waals surface area contributed by atoms with Crippen LogP contribution in [0.3, 0.4) is 0 Å². The molecule has 1 fully saturated rings. The first-order valence-electron chi connectivity index (χ1n) is 7.94. The maximum atomic E-state index is 12.8. The molecule has 0 aromatic heterocycles. The second kappa shape index (κ2) is 6.90. The van der Waals surface area contributed by atoms with Crippen LogP contribution < -0.4 is 9.46 Å². The lowest BCUT2D eigenvalue weighted by atomic mass is 9.94. The Balaban J connectivity index is 2.38. The first-order chi connectivity index (χ1) is 10.8. The first-order valence-corrected chi connectivity index (χ1v) is 9.42. The molecule has 6 heteroatoms. The van der Waals surface area contributed by atoms with Crippen molar-refractivity contribution < 1.29 is 13.2 Å². The van der Waals surface area contributed by atoms with Crippen molar-refractivity contribution in [1.82, 2.24) is 4.72 Å². The molecule has 0 atom stereocenters. The minimum atomic E-state index is -3.75. The Labute approximate surface area is 138 Å². The third-order valence-electron chi connectivity index (χ3n) is 4.48. The molecule has 1 aliphatic carbocycles. The lowest BCUT2D eigenvalue weighted by Crippen LogP contribution is -2.47. The van der Waals surface area contributed by atoms with Gasteiger partial charge in [0.15, 0.2) is 0 Å². The quantitative estimate of drug-likeness (QED) is 0.856. The second-order valence-electron chi connectivity index (χ2n) is 6.30. The number of benzene rings is 1. The molecule has 0 saturated heterocycles. The van der Waals surface area contributed by atoms with Crippen molar-refractivity contribution in [2.45, 2.75) is 62.8 Å². The predicted octanol–water partition coefficient (Wildman–Crippen LogP) is 3.21. The molecular formula is C17H24N2O3S. The SMILES string of the molecule is COc1cc(C)c(S(=O)(=O)NC2(C#N)CCCCCC2)cc1C. The summed E-state index contributed by atoms with van der Waals surface area (Å²) >= 11 is 0. The van der Waals surface area contributed by atoms with E-state index in [4.69, 9.17) is 4.74 Å². The highest BCUT2D eigenvalue weighted by atomic mass is 32.2. The van der Waals surface area contributed by atoms with E-state index < -0.39 is 15.6 Å². The van der Waals surface area contributed by atoms with Gasteiger partial charge in [0.25, 0.3) is 0 Å². The fraction of sp³-hybridized carbons (Fsp3) is 0.588. The van der Waals surface area contributed by atoms with Gasteiger partial charge in [-0.2, -0.15) is 9.98 Å². The fourth-order valence-corrected chi connectivity index (χ4v) is 4.84. The summed E-state index contributed by atoms with van der Waals surface area (Å²) < 4.78 is 33.6. The summed E-state index contributed by atoms with van der Waals surface area (Å²) in [5.74, 6) is 0.658. The van der Waals surface area contributed by atoms with Crippen molar-refractivity contribution in [1.29, 1.82) is 5.26 Å². The summed E-state index contributed by atoms with van der Waals surface area (Å²) in [7, 11) is -2.19. The van der Waals surface area contributed by atoms with Gasteiger partial charge in [-0.1, -0.05) is 25.7 Å². The molecule has 0 aliphatic heterocycles. The number of hydrogen-bond donors (Lipinski definition) is 1. The molecule has 1 N–H and O–H groups in total. The standard InChI is InChI=1S/C17H24N2O3S/c1-13-11-16(14(2)10-15(13)22-3)23(20,21)19-17(12-18)8-6-4-5-7-9-17/h10-11,19H,4-9H2,1-3H3. The second-order valence-corrected chi connectivity index (χ2v) is 7.95. The lowest BCUT2D eigenvalue weighted by Gasteiger charge is -2.26. The number of hydrogen-bond acceptors (Lipinski definition) is 4. The average Bonchev–Trinajstić information content (AvgIpc) is 2.74. The number of aryl methyl sites for hydroxylation is 2. The summed E-state index contributed by atoms with van der Waals surface area (Å²) in [6.45, 7) is 3.55. The van der Waals surface area contributed by atoms with Gasteiger partial charge in [0.1, 0.15) is 11.3 Å². The molecule has 5 nitrogen and oxygen atoms in total. The molecule has 2 rings (SSSR count). The van der Waals surface area contributed by atoms with Crippen LogP contribution in [0.25, 0.3) is 0 Å². The van der Waals surface area contributed by atoms with E-state index in [2.05, 4.69) is 10.8 Å². The molecule has 0 amide bonds. The van der Waals surface area contributed by atoms with Crippen molar-refractivity contribution in [3.63, 3.8) is 0 Å². The highest BCUT2D eigenvalue weighted by Gasteiger charge is 2.36. The van der Waals surface area contributed by atoms with Gasteiger partial charge in [-0.25, -0.2) is 8.42 Å². The molecule has 0 radical (unpaired) electrons. The van der Waals surface area contributed by atoms with Crippen LogP contribution in [0, 0.1) is 25.2 Å². The number of nitriles is 1. The van der Waals surface area contributed by atoms with Crippen LogP contribution in [0.5, 0.6) is 5.75 Å². The molecule has 0 heterocycles. The van der Waals surface area contributed by atoms with Crippen molar-refractivity contribution in [2.24, 2.45) is 0 Å². The number of ether oxygens (including phenoxy) is 1. The molecule has 126 valence electrons. The largest absolute Gasteiger partial charge is 0.496 e. The molecule has 1 saturated carbocycles. The van der Waals surface area contributed by atoms with Crippen LogP contribution in [0.4, 0.5) is 0 Å². The summed E-state index contributed by atoms with van der Waals surface area (Å²) in [6.07, 6.45) is 4.97. The minimum absolute atomic E-state index is 0.217. The van der Waals surface area contributed by atoms with Gasteiger partial charge in [0.05, 0.1) is 18.1 Å². The highest BCUT2D eigenvalue weighted by Crippen LogP contribution is 2.30. The van der Waals surface area contributed by atoms with Crippen LogP contribution in [-0.4, -0.2) is 21.1 Å². The van der Waals surface area contributed by atoms with E-state index in [0.29, 0.717) is 24.2 Å². The van der Waals surface area contributed by atoms with Gasteiger partial charge in [0, 0.05) is 0 Å². The predicted molar refractivity (Wildman–Crippen MR) is 88.8 cm³/mol. The van der Waals surface area contributed by atoms with Gasteiger partial charge >= 0.3 is 0 Å². The molecule has 23 heavy (non-hydrogen) atoms. The number of nitrogens with one attached hydrogen (secondary N) is 1. The summed E-state index contributed by atoms with van der Waals surface area (Å²) in [6, 6.07) is 5.55. The van der Waals surface area contributed by atoms with Crippen molar-refractivity contribution in [2.75, 3.05) is 7.11 Å². The monoisotopic (exact) mass is 336 g/mol. The van der Waals surface area contributed by atoms with E-state index in [1.54, 1.807) is 26.2 Å². The molecule has 1 aliphatic rings. The van der Waals surface area contributed by atoms with E-state index in [0.717, 1.165) is 31.2 Å². The Morgan fingerprint density at radius 3 is 2.26 bits per heavy atom. The Hall–Kier alpha value is -1.58. The molecular weight excluding hydrogens is 312 g/mol.